The van der Waals surface area contributed by atoms with Gasteiger partial charge >= 0.3 is 0 Å². The predicted molar refractivity (Wildman–Crippen MR) is 100 cm³/mol. The quantitative estimate of drug-likeness (QED) is 0.504. The van der Waals surface area contributed by atoms with Gasteiger partial charge in [-0.1, -0.05) is 38.1 Å². The lowest BCUT2D eigenvalue weighted by atomic mass is 9.74. The highest BCUT2D eigenvalue weighted by atomic mass is 19.1. The van der Waals surface area contributed by atoms with Crippen molar-refractivity contribution >= 4 is 18.6 Å². The summed E-state index contributed by atoms with van der Waals surface area (Å²) in [6.45, 7) is 3.89. The van der Waals surface area contributed by atoms with Gasteiger partial charge in [-0.2, -0.15) is 0 Å². The number of alkyl halides is 2. The van der Waals surface area contributed by atoms with E-state index in [0.29, 0.717) is 31.3 Å². The summed E-state index contributed by atoms with van der Waals surface area (Å²) in [4.78, 5) is 20.1. The van der Waals surface area contributed by atoms with Crippen molar-refractivity contribution in [2.45, 2.75) is 63.9 Å². The summed E-state index contributed by atoms with van der Waals surface area (Å²) in [6.07, 6.45) is 1.42. The molecule has 1 amide bonds. The van der Waals surface area contributed by atoms with Crippen molar-refractivity contribution in [1.82, 2.24) is 0 Å². The highest BCUT2D eigenvalue weighted by Gasteiger charge is 2.47. The van der Waals surface area contributed by atoms with E-state index in [1.54, 1.807) is 26.0 Å². The molecule has 0 heterocycles. The molecule has 1 aliphatic rings. The van der Waals surface area contributed by atoms with Crippen LogP contribution in [0, 0.1) is 11.3 Å². The van der Waals surface area contributed by atoms with E-state index in [1.165, 1.54) is 0 Å². The molecule has 0 aromatic heterocycles. The van der Waals surface area contributed by atoms with Gasteiger partial charge in [-0.25, -0.2) is 8.78 Å². The van der Waals surface area contributed by atoms with E-state index in [1.807, 2.05) is 12.1 Å². The van der Waals surface area contributed by atoms with E-state index in [0.717, 1.165) is 11.8 Å². The molecule has 0 aliphatic heterocycles. The monoisotopic (exact) mass is 382 g/mol. The van der Waals surface area contributed by atoms with Gasteiger partial charge in [0.15, 0.2) is 0 Å². The lowest BCUT2D eigenvalue weighted by molar-refractivity contribution is -0.148. The topological polar surface area (TPSA) is 93.2 Å². The van der Waals surface area contributed by atoms with Crippen LogP contribution in [0.2, 0.25) is 0 Å². The molecule has 1 aliphatic carbocycles. The number of nitrogens with two attached hydrogens (primary N) is 1. The summed E-state index contributed by atoms with van der Waals surface area (Å²) in [7, 11) is 0. The minimum Gasteiger partial charge on any atom is -0.464 e. The van der Waals surface area contributed by atoms with Crippen LogP contribution in [0.1, 0.15) is 50.7 Å². The molecule has 1 aromatic rings. The van der Waals surface area contributed by atoms with E-state index in [2.05, 4.69) is 0 Å². The van der Waals surface area contributed by atoms with Crippen molar-refractivity contribution in [2.75, 3.05) is 0 Å². The summed E-state index contributed by atoms with van der Waals surface area (Å²) >= 11 is 0. The van der Waals surface area contributed by atoms with Crippen molar-refractivity contribution in [3.05, 3.63) is 35.4 Å². The number of ether oxygens (including phenoxy) is 1. The second-order valence-electron chi connectivity index (χ2n) is 7.06. The standard InChI is InChI=1S/C16H19F2NO2.C4H9NO/c17-14(10-19)3-1-2-12-4-6-13(7-5-12)16(18)8-15(9-16)21-11-20;1-3(2)4(5)6/h4-7,10-11,14-15,19H,1-3,8-9H2;3H,1-2H3,(H2,5,6). The summed E-state index contributed by atoms with van der Waals surface area (Å²) < 4.78 is 32.1. The maximum Gasteiger partial charge on any atom is 0.293 e. The zero-order valence-electron chi connectivity index (χ0n) is 15.8. The van der Waals surface area contributed by atoms with Crippen molar-refractivity contribution in [2.24, 2.45) is 11.7 Å². The van der Waals surface area contributed by atoms with Gasteiger partial charge in [0.1, 0.15) is 17.9 Å². The van der Waals surface area contributed by atoms with Gasteiger partial charge in [0.25, 0.3) is 6.47 Å². The van der Waals surface area contributed by atoms with Crippen LogP contribution in [0.5, 0.6) is 0 Å². The Balaban J connectivity index is 0.000000527. The first-order valence-corrected chi connectivity index (χ1v) is 9.03. The molecule has 1 aromatic carbocycles. The molecular weight excluding hydrogens is 354 g/mol. The molecule has 0 spiro atoms. The number of primary amides is 1. The van der Waals surface area contributed by atoms with Crippen LogP contribution >= 0.6 is 0 Å². The minimum atomic E-state index is -1.41. The predicted octanol–water partition coefficient (Wildman–Crippen LogP) is 3.62. The van der Waals surface area contributed by atoms with Crippen molar-refractivity contribution in [3.63, 3.8) is 0 Å². The fraction of sp³-hybridized carbons (Fsp3) is 0.550. The van der Waals surface area contributed by atoms with Crippen LogP contribution in [0.15, 0.2) is 24.3 Å². The number of halogens is 2. The average Bonchev–Trinajstić information content (AvgIpc) is 2.61. The summed E-state index contributed by atoms with van der Waals surface area (Å²) in [5, 5.41) is 6.79. The Morgan fingerprint density at radius 3 is 2.37 bits per heavy atom. The maximum atomic E-state index is 14.5. The third-order valence-corrected chi connectivity index (χ3v) is 4.52. The first-order valence-electron chi connectivity index (χ1n) is 9.03. The van der Waals surface area contributed by atoms with E-state index < -0.39 is 11.8 Å². The molecule has 150 valence electrons. The van der Waals surface area contributed by atoms with E-state index in [4.69, 9.17) is 15.9 Å². The van der Waals surface area contributed by atoms with Crippen LogP contribution in [0.3, 0.4) is 0 Å². The Morgan fingerprint density at radius 1 is 1.37 bits per heavy atom. The summed E-state index contributed by atoms with van der Waals surface area (Å²) in [5.41, 5.74) is 5.01. The third kappa shape index (κ3) is 7.45. The lowest BCUT2D eigenvalue weighted by Gasteiger charge is -2.40. The smallest absolute Gasteiger partial charge is 0.293 e. The number of amides is 1. The third-order valence-electron chi connectivity index (χ3n) is 4.52. The van der Waals surface area contributed by atoms with Gasteiger partial charge in [-0.3, -0.25) is 9.59 Å². The second-order valence-corrected chi connectivity index (χ2v) is 7.06. The van der Waals surface area contributed by atoms with Crippen molar-refractivity contribution in [3.8, 4) is 0 Å². The molecular formula is C20H28F2N2O3. The average molecular weight is 382 g/mol. The fourth-order valence-corrected chi connectivity index (χ4v) is 2.63. The fourth-order valence-electron chi connectivity index (χ4n) is 2.63. The molecule has 7 heteroatoms. The molecule has 1 unspecified atom stereocenters. The first kappa shape index (κ1) is 22.7. The molecule has 1 saturated carbocycles. The van der Waals surface area contributed by atoms with Gasteiger partial charge in [0.2, 0.25) is 5.91 Å². The highest BCUT2D eigenvalue weighted by molar-refractivity contribution is 5.75. The van der Waals surface area contributed by atoms with Gasteiger partial charge in [-0.15, -0.1) is 0 Å². The van der Waals surface area contributed by atoms with E-state index in [-0.39, 0.29) is 30.8 Å². The Bertz CT molecular complexity index is 614. The molecule has 0 saturated heterocycles. The van der Waals surface area contributed by atoms with Gasteiger partial charge < -0.3 is 15.9 Å². The van der Waals surface area contributed by atoms with Gasteiger partial charge in [-0.05, 0) is 30.4 Å². The molecule has 1 atom stereocenters. The first-order chi connectivity index (χ1) is 12.7. The van der Waals surface area contributed by atoms with Crippen LogP contribution in [0.25, 0.3) is 0 Å². The van der Waals surface area contributed by atoms with Gasteiger partial charge in [0, 0.05) is 25.0 Å². The second kappa shape index (κ2) is 10.7. The van der Waals surface area contributed by atoms with E-state index >= 15 is 0 Å². The zero-order chi connectivity index (χ0) is 20.4. The molecule has 2 rings (SSSR count). The number of rotatable bonds is 9. The summed E-state index contributed by atoms with van der Waals surface area (Å²) in [5.74, 6) is -0.250. The minimum absolute atomic E-state index is 0.00926. The Morgan fingerprint density at radius 2 is 1.93 bits per heavy atom. The van der Waals surface area contributed by atoms with Crippen LogP contribution in [0.4, 0.5) is 8.78 Å². The number of carbonyl (C=O) groups excluding carboxylic acids is 2. The molecule has 0 radical (unpaired) electrons. The van der Waals surface area contributed by atoms with Crippen LogP contribution < -0.4 is 5.73 Å². The molecule has 5 nitrogen and oxygen atoms in total. The highest BCUT2D eigenvalue weighted by Crippen LogP contribution is 2.46. The van der Waals surface area contributed by atoms with E-state index in [9.17, 15) is 18.4 Å². The van der Waals surface area contributed by atoms with Gasteiger partial charge in [0.05, 0.1) is 0 Å². The summed E-state index contributed by atoms with van der Waals surface area (Å²) in [6, 6.07) is 7.19. The normalized spacial score (nSPS) is 22.0. The Kier molecular flexibility index (Phi) is 9.05. The van der Waals surface area contributed by atoms with Crippen molar-refractivity contribution in [1.29, 1.82) is 5.41 Å². The number of nitrogens with one attached hydrogen (secondary N) is 1. The lowest BCUT2D eigenvalue weighted by Crippen LogP contribution is -2.42. The molecule has 27 heavy (non-hydrogen) atoms. The Hall–Kier alpha value is -2.31. The van der Waals surface area contributed by atoms with Crippen LogP contribution in [-0.2, 0) is 26.4 Å². The number of carbonyl (C=O) groups is 2. The Labute approximate surface area is 158 Å². The largest absolute Gasteiger partial charge is 0.464 e. The number of hydrogen-bond acceptors (Lipinski definition) is 4. The number of hydrogen-bond donors (Lipinski definition) is 2. The van der Waals surface area contributed by atoms with Crippen LogP contribution in [-0.4, -0.2) is 30.9 Å². The molecule has 3 N–H and O–H groups in total. The SMILES string of the molecule is CC(C)C(N)=O.N=CC(F)CCCc1ccc(C2(F)CC(OC=O)C2)cc1. The zero-order valence-corrected chi connectivity index (χ0v) is 15.8. The number of benzene rings is 1. The number of aryl methyl sites for hydroxylation is 1. The maximum absolute atomic E-state index is 14.5. The van der Waals surface area contributed by atoms with Crippen molar-refractivity contribution < 1.29 is 23.1 Å². The molecule has 0 bridgehead atoms. The molecule has 1 fully saturated rings.